The van der Waals surface area contributed by atoms with Gasteiger partial charge in [-0.15, -0.1) is 0 Å². The first-order chi connectivity index (χ1) is 7.00. The van der Waals surface area contributed by atoms with Crippen LogP contribution in [-0.4, -0.2) is 0 Å². The van der Waals surface area contributed by atoms with Crippen molar-refractivity contribution in [3.8, 4) is 0 Å². The summed E-state index contributed by atoms with van der Waals surface area (Å²) in [5.41, 5.74) is 0. The Balaban J connectivity index is 2.34. The summed E-state index contributed by atoms with van der Waals surface area (Å²) in [6.45, 7) is 0. The van der Waals surface area contributed by atoms with Gasteiger partial charge < -0.3 is 0 Å². The van der Waals surface area contributed by atoms with Gasteiger partial charge in [-0.05, 0) is 44.6 Å². The second-order valence-corrected chi connectivity index (χ2v) is 3.43. The molecule has 0 bridgehead atoms. The molecule has 14 heavy (non-hydrogen) atoms. The lowest BCUT2D eigenvalue weighted by Crippen LogP contribution is -1.71. The molecule has 0 heterocycles. The Morgan fingerprint density at radius 2 is 1.43 bits per heavy atom. The standard InChI is InChI=1S/C14H19/c1-2-4-6-8-10-12-14-13-11-9-7-5-3-1/h1-2,5-8,14H,3-4,9-11,13H2. The summed E-state index contributed by atoms with van der Waals surface area (Å²) in [6.07, 6.45) is 25.5. The van der Waals surface area contributed by atoms with Crippen LogP contribution in [0, 0.1) is 6.08 Å². The highest BCUT2D eigenvalue weighted by Crippen LogP contribution is 2.01. The first kappa shape index (κ1) is 11.0. The molecule has 0 nitrogen and oxygen atoms in total. The third-order valence-corrected chi connectivity index (χ3v) is 2.14. The maximum absolute atomic E-state index is 3.28. The van der Waals surface area contributed by atoms with Crippen LogP contribution in [0.5, 0.6) is 0 Å². The molecule has 75 valence electrons. The Kier molecular flexibility index (Phi) is 6.74. The molecule has 0 spiro atoms. The van der Waals surface area contributed by atoms with E-state index >= 15 is 0 Å². The SMILES string of the molecule is [C]1=CCCCC=CCC=CCC=CC1. The topological polar surface area (TPSA) is 0 Å². The molecule has 0 N–H and O–H groups in total. The fraction of sp³-hybridized carbons (Fsp3) is 0.429. The molecular formula is C14H19. The molecule has 0 aliphatic heterocycles. The fourth-order valence-corrected chi connectivity index (χ4v) is 1.33. The second kappa shape index (κ2) is 8.55. The molecule has 0 atom stereocenters. The first-order valence-electron chi connectivity index (χ1n) is 5.50. The third kappa shape index (κ3) is 6.47. The number of allylic oxidation sites excluding steroid dienone is 8. The van der Waals surface area contributed by atoms with Crippen LogP contribution in [0.1, 0.15) is 38.5 Å². The van der Waals surface area contributed by atoms with Gasteiger partial charge in [0.25, 0.3) is 0 Å². The average molecular weight is 187 g/mol. The Bertz CT molecular complexity index is 204. The van der Waals surface area contributed by atoms with Gasteiger partial charge in [-0.1, -0.05) is 42.5 Å². The quantitative estimate of drug-likeness (QED) is 0.494. The van der Waals surface area contributed by atoms with Crippen molar-refractivity contribution in [2.24, 2.45) is 0 Å². The smallest absolute Gasteiger partial charge is 0.00978 e. The summed E-state index contributed by atoms with van der Waals surface area (Å²) in [5, 5.41) is 0. The van der Waals surface area contributed by atoms with Crippen molar-refractivity contribution in [1.29, 1.82) is 0 Å². The van der Waals surface area contributed by atoms with Crippen molar-refractivity contribution >= 4 is 0 Å². The molecule has 0 heteroatoms. The lowest BCUT2D eigenvalue weighted by atomic mass is 10.2. The van der Waals surface area contributed by atoms with Crippen LogP contribution < -0.4 is 0 Å². The Morgan fingerprint density at radius 3 is 2.29 bits per heavy atom. The lowest BCUT2D eigenvalue weighted by molar-refractivity contribution is 0.861. The summed E-state index contributed by atoms with van der Waals surface area (Å²) < 4.78 is 0. The van der Waals surface area contributed by atoms with Crippen molar-refractivity contribution < 1.29 is 0 Å². The van der Waals surface area contributed by atoms with Crippen molar-refractivity contribution in [3.63, 3.8) is 0 Å². The molecule has 0 fully saturated rings. The molecule has 0 saturated heterocycles. The summed E-state index contributed by atoms with van der Waals surface area (Å²) in [4.78, 5) is 0. The lowest BCUT2D eigenvalue weighted by Gasteiger charge is -1.91. The first-order valence-corrected chi connectivity index (χ1v) is 5.50. The van der Waals surface area contributed by atoms with Crippen molar-refractivity contribution in [2.75, 3.05) is 0 Å². The van der Waals surface area contributed by atoms with Gasteiger partial charge in [-0.2, -0.15) is 0 Å². The van der Waals surface area contributed by atoms with Crippen molar-refractivity contribution in [3.05, 3.63) is 48.6 Å². The van der Waals surface area contributed by atoms with Crippen LogP contribution in [-0.2, 0) is 0 Å². The second-order valence-electron chi connectivity index (χ2n) is 3.43. The van der Waals surface area contributed by atoms with Gasteiger partial charge in [0, 0.05) is 0 Å². The van der Waals surface area contributed by atoms with E-state index in [1.165, 1.54) is 12.8 Å². The predicted molar refractivity (Wildman–Crippen MR) is 62.9 cm³/mol. The van der Waals surface area contributed by atoms with E-state index in [1.807, 2.05) is 0 Å². The van der Waals surface area contributed by atoms with Crippen LogP contribution >= 0.6 is 0 Å². The van der Waals surface area contributed by atoms with Crippen LogP contribution in [0.3, 0.4) is 0 Å². The molecule has 0 saturated carbocycles. The van der Waals surface area contributed by atoms with Gasteiger partial charge in [-0.25, -0.2) is 0 Å². The summed E-state index contributed by atoms with van der Waals surface area (Å²) in [6, 6.07) is 0. The highest BCUT2D eigenvalue weighted by atomic mass is 13.9. The molecule has 1 aliphatic carbocycles. The molecule has 0 amide bonds. The maximum Gasteiger partial charge on any atom is -0.00978 e. The third-order valence-electron chi connectivity index (χ3n) is 2.14. The minimum absolute atomic E-state index is 0.962. The van der Waals surface area contributed by atoms with E-state index in [0.29, 0.717) is 0 Å². The van der Waals surface area contributed by atoms with E-state index in [4.69, 9.17) is 0 Å². The van der Waals surface area contributed by atoms with E-state index in [1.54, 1.807) is 0 Å². The fourth-order valence-electron chi connectivity index (χ4n) is 1.33. The number of hydrogen-bond acceptors (Lipinski definition) is 0. The zero-order chi connectivity index (χ0) is 9.90. The molecule has 0 aromatic heterocycles. The van der Waals surface area contributed by atoms with E-state index in [-0.39, 0.29) is 0 Å². The summed E-state index contributed by atoms with van der Waals surface area (Å²) in [5.74, 6) is 0. The van der Waals surface area contributed by atoms with Crippen molar-refractivity contribution in [1.82, 2.24) is 0 Å². The minimum atomic E-state index is 0.962. The Morgan fingerprint density at radius 1 is 0.714 bits per heavy atom. The monoisotopic (exact) mass is 187 g/mol. The normalized spacial score (nSPS) is 19.4. The van der Waals surface area contributed by atoms with Crippen LogP contribution in [0.15, 0.2) is 42.5 Å². The van der Waals surface area contributed by atoms with E-state index in [0.717, 1.165) is 25.7 Å². The zero-order valence-corrected chi connectivity index (χ0v) is 8.78. The van der Waals surface area contributed by atoms with Gasteiger partial charge in [-0.3, -0.25) is 0 Å². The molecule has 1 radical (unpaired) electrons. The Hall–Kier alpha value is -1.04. The molecule has 0 aromatic rings. The van der Waals surface area contributed by atoms with Crippen molar-refractivity contribution in [2.45, 2.75) is 38.5 Å². The van der Waals surface area contributed by atoms with Gasteiger partial charge in [0.2, 0.25) is 0 Å². The van der Waals surface area contributed by atoms with Gasteiger partial charge >= 0.3 is 0 Å². The molecule has 0 unspecified atom stereocenters. The summed E-state index contributed by atoms with van der Waals surface area (Å²) in [7, 11) is 0. The number of rotatable bonds is 0. The minimum Gasteiger partial charge on any atom is -0.0882 e. The maximum atomic E-state index is 3.28. The van der Waals surface area contributed by atoms with E-state index in [2.05, 4.69) is 48.6 Å². The van der Waals surface area contributed by atoms with Gasteiger partial charge in [0.05, 0.1) is 0 Å². The molecule has 0 aromatic carbocycles. The highest BCUT2D eigenvalue weighted by molar-refractivity contribution is 4.98. The predicted octanol–water partition coefficient (Wildman–Crippen LogP) is 4.37. The van der Waals surface area contributed by atoms with Crippen LogP contribution in [0.4, 0.5) is 0 Å². The Labute approximate surface area is 87.7 Å². The average Bonchev–Trinajstić information content (AvgIpc) is 2.22. The highest BCUT2D eigenvalue weighted by Gasteiger charge is 1.81. The molecule has 1 aliphatic rings. The van der Waals surface area contributed by atoms with E-state index < -0.39 is 0 Å². The summed E-state index contributed by atoms with van der Waals surface area (Å²) >= 11 is 0. The van der Waals surface area contributed by atoms with Crippen LogP contribution in [0.2, 0.25) is 0 Å². The molecular weight excluding hydrogens is 168 g/mol. The number of hydrogen-bond donors (Lipinski definition) is 0. The van der Waals surface area contributed by atoms with Crippen LogP contribution in [0.25, 0.3) is 0 Å². The van der Waals surface area contributed by atoms with Gasteiger partial charge in [0.15, 0.2) is 0 Å². The van der Waals surface area contributed by atoms with Gasteiger partial charge in [0.1, 0.15) is 0 Å². The van der Waals surface area contributed by atoms with E-state index in [9.17, 15) is 0 Å². The molecule has 1 rings (SSSR count). The largest absolute Gasteiger partial charge is 0.0882 e. The zero-order valence-electron chi connectivity index (χ0n) is 8.78.